The summed E-state index contributed by atoms with van der Waals surface area (Å²) in [5.74, 6) is -0.572. The molecule has 166 valence electrons. The third-order valence-corrected chi connectivity index (χ3v) is 5.62. The molecule has 0 saturated carbocycles. The molecule has 7 nitrogen and oxygen atoms in total. The van der Waals surface area contributed by atoms with Crippen molar-refractivity contribution in [3.05, 3.63) is 77.9 Å². The Kier molecular flexibility index (Phi) is 7.77. The van der Waals surface area contributed by atoms with Crippen LogP contribution in [-0.2, 0) is 22.6 Å². The van der Waals surface area contributed by atoms with Gasteiger partial charge in [-0.15, -0.1) is 16.8 Å². The second kappa shape index (κ2) is 10.7. The smallest absolute Gasteiger partial charge is 0.234 e. The van der Waals surface area contributed by atoms with E-state index < -0.39 is 11.7 Å². The fourth-order valence-electron chi connectivity index (χ4n) is 3.09. The zero-order valence-electron chi connectivity index (χ0n) is 17.9. The van der Waals surface area contributed by atoms with Gasteiger partial charge in [0.2, 0.25) is 11.8 Å². The normalized spacial score (nSPS) is 10.6. The van der Waals surface area contributed by atoms with E-state index in [0.29, 0.717) is 17.5 Å². The molecule has 0 saturated heterocycles. The number of rotatable bonds is 9. The van der Waals surface area contributed by atoms with Gasteiger partial charge in [-0.05, 0) is 37.1 Å². The maximum atomic E-state index is 13.8. The van der Waals surface area contributed by atoms with E-state index in [-0.39, 0.29) is 23.8 Å². The third kappa shape index (κ3) is 5.82. The van der Waals surface area contributed by atoms with E-state index in [1.807, 2.05) is 32.0 Å². The van der Waals surface area contributed by atoms with Crippen LogP contribution in [0.15, 0.2) is 60.3 Å². The van der Waals surface area contributed by atoms with E-state index >= 15 is 0 Å². The van der Waals surface area contributed by atoms with Crippen LogP contribution in [-0.4, -0.2) is 32.3 Å². The van der Waals surface area contributed by atoms with Crippen molar-refractivity contribution >= 4 is 35.0 Å². The van der Waals surface area contributed by atoms with Gasteiger partial charge in [-0.1, -0.05) is 48.2 Å². The van der Waals surface area contributed by atoms with E-state index in [2.05, 4.69) is 27.4 Å². The Hall–Kier alpha value is -3.46. The Bertz CT molecular complexity index is 1120. The van der Waals surface area contributed by atoms with Gasteiger partial charge < -0.3 is 15.2 Å². The van der Waals surface area contributed by atoms with Crippen molar-refractivity contribution < 1.29 is 14.0 Å². The highest BCUT2D eigenvalue weighted by Gasteiger charge is 2.17. The third-order valence-electron chi connectivity index (χ3n) is 4.65. The van der Waals surface area contributed by atoms with Crippen molar-refractivity contribution in [2.45, 2.75) is 32.0 Å². The molecule has 0 unspecified atom stereocenters. The number of allylic oxidation sites excluding steroid dienone is 1. The summed E-state index contributed by atoms with van der Waals surface area (Å²) in [7, 11) is 0. The number of carbonyl (C=O) groups excluding carboxylic acids is 2. The minimum absolute atomic E-state index is 0.0929. The highest BCUT2D eigenvalue weighted by atomic mass is 32.2. The summed E-state index contributed by atoms with van der Waals surface area (Å²) in [5.41, 5.74) is 2.88. The average Bonchev–Trinajstić information content (AvgIpc) is 3.12. The molecule has 0 aliphatic rings. The van der Waals surface area contributed by atoms with E-state index in [9.17, 15) is 14.0 Å². The zero-order chi connectivity index (χ0) is 23.1. The van der Waals surface area contributed by atoms with Crippen molar-refractivity contribution in [1.29, 1.82) is 0 Å². The molecule has 1 heterocycles. The van der Waals surface area contributed by atoms with Crippen LogP contribution < -0.4 is 10.6 Å². The molecule has 9 heteroatoms. The monoisotopic (exact) mass is 453 g/mol. The number of aromatic nitrogens is 3. The molecule has 1 aromatic heterocycles. The first-order valence-electron chi connectivity index (χ1n) is 9.95. The molecule has 0 atom stereocenters. The first-order chi connectivity index (χ1) is 15.4. The van der Waals surface area contributed by atoms with E-state index in [4.69, 9.17) is 0 Å². The first-order valence-corrected chi connectivity index (χ1v) is 10.9. The predicted molar refractivity (Wildman–Crippen MR) is 124 cm³/mol. The number of hydrogen-bond donors (Lipinski definition) is 2. The highest BCUT2D eigenvalue weighted by molar-refractivity contribution is 7.99. The molecule has 0 fully saturated rings. The number of anilines is 2. The lowest BCUT2D eigenvalue weighted by Crippen LogP contribution is -2.19. The largest absolute Gasteiger partial charge is 0.325 e. The Morgan fingerprint density at radius 1 is 1.06 bits per heavy atom. The summed E-state index contributed by atoms with van der Waals surface area (Å²) in [6.45, 7) is 7.98. The van der Waals surface area contributed by atoms with Crippen LogP contribution in [0.2, 0.25) is 0 Å². The number of para-hydroxylation sites is 2. The summed E-state index contributed by atoms with van der Waals surface area (Å²) in [6, 6.07) is 11.8. The Labute approximate surface area is 190 Å². The molecule has 2 amide bonds. The van der Waals surface area contributed by atoms with Crippen molar-refractivity contribution in [1.82, 2.24) is 14.8 Å². The van der Waals surface area contributed by atoms with Gasteiger partial charge in [0.25, 0.3) is 0 Å². The molecular formula is C23H24FN5O2S. The molecule has 0 aliphatic heterocycles. The summed E-state index contributed by atoms with van der Waals surface area (Å²) < 4.78 is 15.5. The van der Waals surface area contributed by atoms with Gasteiger partial charge in [-0.3, -0.25) is 9.59 Å². The number of aryl methyl sites for hydroxylation is 2. The maximum absolute atomic E-state index is 13.8. The molecule has 0 radical (unpaired) electrons. The topological polar surface area (TPSA) is 88.9 Å². The summed E-state index contributed by atoms with van der Waals surface area (Å²) in [5, 5.41) is 14.2. The minimum atomic E-state index is -0.514. The minimum Gasteiger partial charge on any atom is -0.325 e. The van der Waals surface area contributed by atoms with E-state index in [1.165, 1.54) is 23.9 Å². The van der Waals surface area contributed by atoms with Gasteiger partial charge >= 0.3 is 0 Å². The SMILES string of the molecule is C=CCn1c(CC(=O)Nc2ccccc2F)nnc1SCC(=O)Nc1c(C)cccc1C. The molecule has 2 N–H and O–H groups in total. The lowest BCUT2D eigenvalue weighted by atomic mass is 10.1. The van der Waals surface area contributed by atoms with Crippen LogP contribution >= 0.6 is 11.8 Å². The van der Waals surface area contributed by atoms with E-state index in [1.54, 1.807) is 22.8 Å². The van der Waals surface area contributed by atoms with Crippen LogP contribution in [0.5, 0.6) is 0 Å². The van der Waals surface area contributed by atoms with Crippen molar-refractivity contribution in [3.63, 3.8) is 0 Å². The van der Waals surface area contributed by atoms with Gasteiger partial charge in [-0.2, -0.15) is 0 Å². The van der Waals surface area contributed by atoms with Crippen LogP contribution in [0.3, 0.4) is 0 Å². The molecule has 32 heavy (non-hydrogen) atoms. The highest BCUT2D eigenvalue weighted by Crippen LogP contribution is 2.22. The predicted octanol–water partition coefficient (Wildman–Crippen LogP) is 4.13. The van der Waals surface area contributed by atoms with Gasteiger partial charge in [0.1, 0.15) is 11.6 Å². The molecule has 0 bridgehead atoms. The quantitative estimate of drug-likeness (QED) is 0.376. The summed E-state index contributed by atoms with van der Waals surface area (Å²) in [6.07, 6.45) is 1.56. The number of halogens is 1. The lowest BCUT2D eigenvalue weighted by molar-refractivity contribution is -0.116. The second-order valence-corrected chi connectivity index (χ2v) is 8.05. The number of thioether (sulfide) groups is 1. The fraction of sp³-hybridized carbons (Fsp3) is 0.217. The first kappa shape index (κ1) is 23.2. The van der Waals surface area contributed by atoms with Crippen molar-refractivity contribution in [2.75, 3.05) is 16.4 Å². The summed E-state index contributed by atoms with van der Waals surface area (Å²) in [4.78, 5) is 24.8. The average molecular weight is 454 g/mol. The fourth-order valence-corrected chi connectivity index (χ4v) is 3.85. The van der Waals surface area contributed by atoms with E-state index in [0.717, 1.165) is 16.8 Å². The number of nitrogens with one attached hydrogen (secondary N) is 2. The van der Waals surface area contributed by atoms with Gasteiger partial charge in [-0.25, -0.2) is 4.39 Å². The Morgan fingerprint density at radius 2 is 1.78 bits per heavy atom. The van der Waals surface area contributed by atoms with Gasteiger partial charge in [0.15, 0.2) is 5.16 Å². The maximum Gasteiger partial charge on any atom is 0.234 e. The molecule has 3 rings (SSSR count). The standard InChI is InChI=1S/C23H24FN5O2S/c1-4-12-29-19(13-20(30)25-18-11-6-5-10-17(18)24)27-28-23(29)32-14-21(31)26-22-15(2)8-7-9-16(22)3/h4-11H,1,12-14H2,2-3H3,(H,25,30)(H,26,31). The van der Waals surface area contributed by atoms with Crippen LogP contribution in [0, 0.1) is 19.7 Å². The zero-order valence-corrected chi connectivity index (χ0v) is 18.7. The second-order valence-electron chi connectivity index (χ2n) is 7.11. The molecule has 2 aromatic carbocycles. The molecule has 0 spiro atoms. The van der Waals surface area contributed by atoms with Crippen LogP contribution in [0.25, 0.3) is 0 Å². The van der Waals surface area contributed by atoms with Crippen LogP contribution in [0.4, 0.5) is 15.8 Å². The number of carbonyl (C=O) groups is 2. The number of amides is 2. The van der Waals surface area contributed by atoms with Crippen LogP contribution in [0.1, 0.15) is 17.0 Å². The Balaban J connectivity index is 1.65. The lowest BCUT2D eigenvalue weighted by Gasteiger charge is -2.11. The molecule has 0 aliphatic carbocycles. The number of benzene rings is 2. The number of hydrogen-bond acceptors (Lipinski definition) is 5. The molecule has 3 aromatic rings. The molecular weight excluding hydrogens is 429 g/mol. The van der Waals surface area contributed by atoms with Gasteiger partial charge in [0, 0.05) is 12.2 Å². The van der Waals surface area contributed by atoms with Crippen molar-refractivity contribution in [2.24, 2.45) is 0 Å². The van der Waals surface area contributed by atoms with Gasteiger partial charge in [0.05, 0.1) is 17.9 Å². The Morgan fingerprint density at radius 3 is 2.47 bits per heavy atom. The van der Waals surface area contributed by atoms with Crippen molar-refractivity contribution in [3.8, 4) is 0 Å². The summed E-state index contributed by atoms with van der Waals surface area (Å²) >= 11 is 1.22. The number of nitrogens with zero attached hydrogens (tertiary/aromatic N) is 3.